The van der Waals surface area contributed by atoms with Gasteiger partial charge in [-0.25, -0.2) is 4.98 Å². The van der Waals surface area contributed by atoms with Crippen LogP contribution in [0.5, 0.6) is 0 Å². The fraction of sp³-hybridized carbons (Fsp3) is 0.476. The topological polar surface area (TPSA) is 50.1 Å². The van der Waals surface area contributed by atoms with Crippen LogP contribution >= 0.6 is 11.6 Å². The summed E-state index contributed by atoms with van der Waals surface area (Å²) >= 11 is 6.21. The maximum Gasteiger partial charge on any atom is 0.229 e. The van der Waals surface area contributed by atoms with E-state index in [2.05, 4.69) is 49.2 Å². The zero-order chi connectivity index (χ0) is 20.4. The van der Waals surface area contributed by atoms with Crippen LogP contribution in [0, 0.1) is 0 Å². The maximum absolute atomic E-state index is 6.21. The number of imidazole rings is 1. The summed E-state index contributed by atoms with van der Waals surface area (Å²) in [6.45, 7) is 8.66. The van der Waals surface area contributed by atoms with Crippen LogP contribution in [0.2, 0.25) is 5.02 Å². The number of fused-ring (bicyclic) bond motifs is 1. The van der Waals surface area contributed by atoms with Gasteiger partial charge in [0.15, 0.2) is 17.0 Å². The van der Waals surface area contributed by atoms with Gasteiger partial charge in [0.2, 0.25) is 5.95 Å². The van der Waals surface area contributed by atoms with Gasteiger partial charge in [-0.05, 0) is 44.9 Å². The fourth-order valence-electron chi connectivity index (χ4n) is 3.47. The molecule has 3 rings (SSSR count). The molecule has 0 amide bonds. The lowest BCUT2D eigenvalue weighted by Gasteiger charge is -2.28. The van der Waals surface area contributed by atoms with Crippen LogP contribution in [0.4, 0.5) is 17.5 Å². The SMILES string of the molecule is CCC(CC)N(C)c1nc(N(C)c2cccc(Cl)c2)c2ncn(C(C)C)c2n1. The van der Waals surface area contributed by atoms with Crippen molar-refractivity contribution in [3.63, 3.8) is 0 Å². The second-order valence-electron chi connectivity index (χ2n) is 7.39. The largest absolute Gasteiger partial charge is 0.341 e. The first-order valence-corrected chi connectivity index (χ1v) is 10.2. The Morgan fingerprint density at radius 2 is 1.82 bits per heavy atom. The van der Waals surface area contributed by atoms with Crippen LogP contribution in [-0.4, -0.2) is 39.7 Å². The lowest BCUT2D eigenvalue weighted by atomic mass is 10.1. The molecule has 28 heavy (non-hydrogen) atoms. The van der Waals surface area contributed by atoms with Crippen molar-refractivity contribution in [1.82, 2.24) is 19.5 Å². The summed E-state index contributed by atoms with van der Waals surface area (Å²) in [4.78, 5) is 18.6. The molecule has 3 aromatic rings. The highest BCUT2D eigenvalue weighted by Crippen LogP contribution is 2.32. The van der Waals surface area contributed by atoms with Crippen LogP contribution in [0.25, 0.3) is 11.2 Å². The Labute approximate surface area is 172 Å². The van der Waals surface area contributed by atoms with E-state index in [-0.39, 0.29) is 6.04 Å². The van der Waals surface area contributed by atoms with Gasteiger partial charge < -0.3 is 14.4 Å². The average Bonchev–Trinajstić information content (AvgIpc) is 3.11. The normalized spacial score (nSPS) is 11.6. The predicted molar refractivity (Wildman–Crippen MR) is 118 cm³/mol. The molecule has 0 bridgehead atoms. The number of nitrogens with zero attached hydrogens (tertiary/aromatic N) is 6. The molecule has 0 atom stereocenters. The third-order valence-electron chi connectivity index (χ3n) is 5.27. The molecule has 6 nitrogen and oxygen atoms in total. The molecule has 0 N–H and O–H groups in total. The number of rotatable bonds is 7. The van der Waals surface area contributed by atoms with E-state index in [9.17, 15) is 0 Å². The number of anilines is 3. The van der Waals surface area contributed by atoms with Crippen molar-refractivity contribution in [2.24, 2.45) is 0 Å². The van der Waals surface area contributed by atoms with E-state index in [4.69, 9.17) is 21.6 Å². The molecule has 0 saturated carbocycles. The van der Waals surface area contributed by atoms with E-state index in [1.165, 1.54) is 0 Å². The van der Waals surface area contributed by atoms with Gasteiger partial charge in [0, 0.05) is 36.9 Å². The molecule has 0 aliphatic heterocycles. The van der Waals surface area contributed by atoms with Crippen LogP contribution in [0.15, 0.2) is 30.6 Å². The highest BCUT2D eigenvalue weighted by Gasteiger charge is 2.22. The first-order valence-electron chi connectivity index (χ1n) is 9.84. The Balaban J connectivity index is 2.20. The third kappa shape index (κ3) is 3.78. The second-order valence-corrected chi connectivity index (χ2v) is 7.82. The van der Waals surface area contributed by atoms with Crippen LogP contribution in [-0.2, 0) is 0 Å². The lowest BCUT2D eigenvalue weighted by Crippen LogP contribution is -2.32. The standard InChI is InChI=1S/C21H29ClN6/c1-7-16(8-2)27(6)21-24-19(26(5)17-11-9-10-15(22)12-17)18-20(25-21)28(13-23-18)14(3)4/h9-14,16H,7-8H2,1-6H3. The molecule has 7 heteroatoms. The monoisotopic (exact) mass is 400 g/mol. The Hall–Kier alpha value is -2.34. The Morgan fingerprint density at radius 3 is 2.43 bits per heavy atom. The number of halogens is 1. The molecule has 0 radical (unpaired) electrons. The van der Waals surface area contributed by atoms with Crippen molar-refractivity contribution < 1.29 is 0 Å². The van der Waals surface area contributed by atoms with E-state index >= 15 is 0 Å². The summed E-state index contributed by atoms with van der Waals surface area (Å²) in [5.74, 6) is 1.49. The van der Waals surface area contributed by atoms with E-state index < -0.39 is 0 Å². The first-order chi connectivity index (χ1) is 13.4. The molecule has 1 aromatic carbocycles. The van der Waals surface area contributed by atoms with Crippen LogP contribution in [0.1, 0.15) is 46.6 Å². The Kier molecular flexibility index (Phi) is 6.08. The van der Waals surface area contributed by atoms with E-state index in [1.807, 2.05) is 42.5 Å². The number of aromatic nitrogens is 4. The fourth-order valence-corrected chi connectivity index (χ4v) is 3.65. The zero-order valence-corrected chi connectivity index (χ0v) is 18.3. The summed E-state index contributed by atoms with van der Waals surface area (Å²) in [6, 6.07) is 8.40. The van der Waals surface area contributed by atoms with Gasteiger partial charge in [-0.3, -0.25) is 0 Å². The van der Waals surface area contributed by atoms with Gasteiger partial charge in [-0.2, -0.15) is 9.97 Å². The summed E-state index contributed by atoms with van der Waals surface area (Å²) in [5.41, 5.74) is 2.60. The van der Waals surface area contributed by atoms with Gasteiger partial charge in [0.1, 0.15) is 0 Å². The third-order valence-corrected chi connectivity index (χ3v) is 5.50. The molecule has 0 aliphatic rings. The van der Waals surface area contributed by atoms with Gasteiger partial charge >= 0.3 is 0 Å². The van der Waals surface area contributed by atoms with Crippen LogP contribution in [0.3, 0.4) is 0 Å². The van der Waals surface area contributed by atoms with Crippen LogP contribution < -0.4 is 9.80 Å². The van der Waals surface area contributed by atoms with Crippen molar-refractivity contribution >= 4 is 40.2 Å². The van der Waals surface area contributed by atoms with Crippen molar-refractivity contribution in [3.05, 3.63) is 35.6 Å². The summed E-state index contributed by atoms with van der Waals surface area (Å²) < 4.78 is 2.09. The second kappa shape index (κ2) is 8.35. The molecule has 150 valence electrons. The average molecular weight is 401 g/mol. The minimum Gasteiger partial charge on any atom is -0.341 e. The summed E-state index contributed by atoms with van der Waals surface area (Å²) in [6.07, 6.45) is 3.93. The molecule has 0 aliphatic carbocycles. The molecular weight excluding hydrogens is 372 g/mol. The number of hydrogen-bond acceptors (Lipinski definition) is 5. The van der Waals surface area contributed by atoms with E-state index in [0.29, 0.717) is 17.0 Å². The molecule has 0 unspecified atom stereocenters. The van der Waals surface area contributed by atoms with Gasteiger partial charge in [0.05, 0.1) is 6.33 Å². The maximum atomic E-state index is 6.21. The van der Waals surface area contributed by atoms with Crippen molar-refractivity contribution in [1.29, 1.82) is 0 Å². The van der Waals surface area contributed by atoms with E-state index in [0.717, 1.165) is 35.5 Å². The van der Waals surface area contributed by atoms with E-state index in [1.54, 1.807) is 0 Å². The highest BCUT2D eigenvalue weighted by atomic mass is 35.5. The minimum atomic E-state index is 0.260. The van der Waals surface area contributed by atoms with Crippen molar-refractivity contribution in [2.75, 3.05) is 23.9 Å². The Morgan fingerprint density at radius 1 is 1.11 bits per heavy atom. The molecule has 0 spiro atoms. The van der Waals surface area contributed by atoms with Crippen molar-refractivity contribution in [3.8, 4) is 0 Å². The van der Waals surface area contributed by atoms with Gasteiger partial charge in [-0.15, -0.1) is 0 Å². The molecule has 2 heterocycles. The zero-order valence-electron chi connectivity index (χ0n) is 17.5. The quantitative estimate of drug-likeness (QED) is 0.527. The molecule has 0 fully saturated rings. The predicted octanol–water partition coefficient (Wildman–Crippen LogP) is 5.45. The smallest absolute Gasteiger partial charge is 0.229 e. The number of hydrogen-bond donors (Lipinski definition) is 0. The molecule has 2 aromatic heterocycles. The number of benzene rings is 1. The Bertz CT molecular complexity index is 947. The van der Waals surface area contributed by atoms with Gasteiger partial charge in [-0.1, -0.05) is 31.5 Å². The minimum absolute atomic E-state index is 0.260. The molecule has 0 saturated heterocycles. The van der Waals surface area contributed by atoms with Gasteiger partial charge in [0.25, 0.3) is 0 Å². The molecular formula is C21H29ClN6. The van der Waals surface area contributed by atoms with Crippen molar-refractivity contribution in [2.45, 2.75) is 52.6 Å². The lowest BCUT2D eigenvalue weighted by molar-refractivity contribution is 0.579. The highest BCUT2D eigenvalue weighted by molar-refractivity contribution is 6.30. The first kappa shape index (κ1) is 20.4. The summed E-state index contributed by atoms with van der Waals surface area (Å²) in [5, 5.41) is 0.691. The summed E-state index contributed by atoms with van der Waals surface area (Å²) in [7, 11) is 4.06.